The quantitative estimate of drug-likeness (QED) is 0.397. The lowest BCUT2D eigenvalue weighted by atomic mass is 10.1. The van der Waals surface area contributed by atoms with E-state index in [0.29, 0.717) is 17.0 Å². The maximum atomic E-state index is 12.4. The fraction of sp³-hybridized carbons (Fsp3) is 0.182. The second kappa shape index (κ2) is 8.12. The molecule has 7 nitrogen and oxygen atoms in total. The van der Waals surface area contributed by atoms with Gasteiger partial charge in [0.1, 0.15) is 17.4 Å². The Labute approximate surface area is 178 Å². The number of nitrogens with one attached hydrogen (secondary N) is 1. The Bertz CT molecular complexity index is 1190. The van der Waals surface area contributed by atoms with Gasteiger partial charge in [-0.25, -0.2) is 10.4 Å². The number of amides is 2. The molecule has 0 radical (unpaired) electrons. The third kappa shape index (κ3) is 4.11. The van der Waals surface area contributed by atoms with Crippen LogP contribution in [0.2, 0.25) is 5.15 Å². The number of ether oxygens (including phenoxy) is 1. The first-order valence-electron chi connectivity index (χ1n) is 9.33. The minimum absolute atomic E-state index is 0.107. The smallest absolute Gasteiger partial charge is 0.265 e. The number of benzene rings is 2. The minimum atomic E-state index is -0.435. The molecule has 1 aliphatic heterocycles. The average molecular weight is 423 g/mol. The van der Waals surface area contributed by atoms with Crippen LogP contribution in [-0.4, -0.2) is 36.2 Å². The van der Waals surface area contributed by atoms with Crippen LogP contribution in [0.5, 0.6) is 5.75 Å². The van der Waals surface area contributed by atoms with Crippen molar-refractivity contribution in [3.05, 3.63) is 64.3 Å². The SMILES string of the molecule is Cc1ccc2c(c1)N(CC(=O)N/N=C\c1cc3cc(C)ccc3nc1Cl)C(=O)CO2. The summed E-state index contributed by atoms with van der Waals surface area (Å²) in [6.07, 6.45) is 1.44. The van der Waals surface area contributed by atoms with Gasteiger partial charge in [0.15, 0.2) is 6.61 Å². The number of carbonyl (C=O) groups is 2. The highest BCUT2D eigenvalue weighted by Crippen LogP contribution is 2.32. The highest BCUT2D eigenvalue weighted by molar-refractivity contribution is 6.32. The van der Waals surface area contributed by atoms with E-state index in [2.05, 4.69) is 15.5 Å². The molecule has 0 atom stereocenters. The van der Waals surface area contributed by atoms with Gasteiger partial charge in [0.25, 0.3) is 11.8 Å². The molecule has 0 saturated heterocycles. The van der Waals surface area contributed by atoms with Gasteiger partial charge in [-0.2, -0.15) is 5.10 Å². The third-order valence-corrected chi connectivity index (χ3v) is 5.01. The molecule has 0 aliphatic carbocycles. The van der Waals surface area contributed by atoms with Crippen molar-refractivity contribution in [3.63, 3.8) is 0 Å². The lowest BCUT2D eigenvalue weighted by Gasteiger charge is -2.28. The first kappa shape index (κ1) is 19.8. The summed E-state index contributed by atoms with van der Waals surface area (Å²) in [5.41, 5.74) is 6.45. The first-order chi connectivity index (χ1) is 14.4. The number of fused-ring (bicyclic) bond motifs is 2. The van der Waals surface area contributed by atoms with E-state index in [1.807, 2.05) is 50.2 Å². The van der Waals surface area contributed by atoms with Crippen LogP contribution >= 0.6 is 11.6 Å². The molecule has 0 fully saturated rings. The van der Waals surface area contributed by atoms with E-state index in [1.165, 1.54) is 11.1 Å². The first-order valence-corrected chi connectivity index (χ1v) is 9.71. The molecule has 30 heavy (non-hydrogen) atoms. The van der Waals surface area contributed by atoms with Gasteiger partial charge in [-0.05, 0) is 49.7 Å². The second-order valence-electron chi connectivity index (χ2n) is 7.10. The van der Waals surface area contributed by atoms with E-state index >= 15 is 0 Å². The van der Waals surface area contributed by atoms with E-state index in [0.717, 1.165) is 22.0 Å². The van der Waals surface area contributed by atoms with Crippen LogP contribution in [0, 0.1) is 13.8 Å². The number of hydrazone groups is 1. The fourth-order valence-corrected chi connectivity index (χ4v) is 3.41. The van der Waals surface area contributed by atoms with Crippen molar-refractivity contribution in [1.29, 1.82) is 0 Å². The number of aryl methyl sites for hydroxylation is 2. The van der Waals surface area contributed by atoms with E-state index in [1.54, 1.807) is 6.07 Å². The molecule has 1 aromatic heterocycles. The molecular formula is C22H19ClN4O3. The molecule has 0 spiro atoms. The minimum Gasteiger partial charge on any atom is -0.482 e. The molecule has 4 rings (SSSR count). The zero-order valence-electron chi connectivity index (χ0n) is 16.5. The molecule has 0 unspecified atom stereocenters. The number of nitrogens with zero attached hydrogens (tertiary/aromatic N) is 3. The van der Waals surface area contributed by atoms with Crippen molar-refractivity contribution in [2.45, 2.75) is 13.8 Å². The fourth-order valence-electron chi connectivity index (χ4n) is 3.22. The lowest BCUT2D eigenvalue weighted by molar-refractivity contribution is -0.125. The van der Waals surface area contributed by atoms with Crippen LogP contribution in [-0.2, 0) is 9.59 Å². The van der Waals surface area contributed by atoms with Gasteiger partial charge in [0.05, 0.1) is 17.4 Å². The standard InChI is InChI=1S/C22H19ClN4O3/c1-13-3-5-17-15(7-13)9-16(22(23)25-17)10-24-26-20(28)11-27-18-8-14(2)4-6-19(18)30-12-21(27)29/h3-10H,11-12H2,1-2H3,(H,26,28)/b24-10-. The number of carbonyl (C=O) groups excluding carboxylic acids is 2. The Hall–Kier alpha value is -3.45. The van der Waals surface area contributed by atoms with E-state index in [-0.39, 0.29) is 24.2 Å². The summed E-state index contributed by atoms with van der Waals surface area (Å²) in [5.74, 6) is -0.153. The molecule has 0 bridgehead atoms. The van der Waals surface area contributed by atoms with Crippen molar-refractivity contribution in [2.24, 2.45) is 5.10 Å². The summed E-state index contributed by atoms with van der Waals surface area (Å²) < 4.78 is 5.42. The molecule has 152 valence electrons. The number of anilines is 1. The number of aromatic nitrogens is 1. The molecular weight excluding hydrogens is 404 g/mol. The predicted octanol–water partition coefficient (Wildman–Crippen LogP) is 3.38. The summed E-state index contributed by atoms with van der Waals surface area (Å²) in [6.45, 7) is 3.63. The summed E-state index contributed by atoms with van der Waals surface area (Å²) in [5, 5.41) is 5.20. The monoisotopic (exact) mass is 422 g/mol. The topological polar surface area (TPSA) is 83.9 Å². The largest absolute Gasteiger partial charge is 0.482 e. The van der Waals surface area contributed by atoms with Crippen LogP contribution in [0.1, 0.15) is 16.7 Å². The third-order valence-electron chi connectivity index (χ3n) is 4.70. The summed E-state index contributed by atoms with van der Waals surface area (Å²) in [6, 6.07) is 13.2. The Morgan fingerprint density at radius 2 is 2.00 bits per heavy atom. The van der Waals surface area contributed by atoms with Crippen LogP contribution in [0.3, 0.4) is 0 Å². The van der Waals surface area contributed by atoms with Gasteiger partial charge in [-0.15, -0.1) is 0 Å². The highest BCUT2D eigenvalue weighted by atomic mass is 35.5. The Balaban J connectivity index is 1.47. The molecule has 1 N–H and O–H groups in total. The molecule has 3 aromatic rings. The number of hydrogen-bond donors (Lipinski definition) is 1. The van der Waals surface area contributed by atoms with Crippen molar-refractivity contribution in [2.75, 3.05) is 18.1 Å². The number of hydrogen-bond acceptors (Lipinski definition) is 5. The van der Waals surface area contributed by atoms with Gasteiger partial charge in [-0.3, -0.25) is 14.5 Å². The molecule has 8 heteroatoms. The van der Waals surface area contributed by atoms with Crippen molar-refractivity contribution in [3.8, 4) is 5.75 Å². The Morgan fingerprint density at radius 1 is 1.23 bits per heavy atom. The van der Waals surface area contributed by atoms with Gasteiger partial charge in [0.2, 0.25) is 0 Å². The van der Waals surface area contributed by atoms with Crippen LogP contribution < -0.4 is 15.1 Å². The number of rotatable bonds is 4. The van der Waals surface area contributed by atoms with Gasteiger partial charge in [-0.1, -0.05) is 29.3 Å². The lowest BCUT2D eigenvalue weighted by Crippen LogP contribution is -2.44. The maximum absolute atomic E-state index is 12.4. The van der Waals surface area contributed by atoms with E-state index in [9.17, 15) is 9.59 Å². The molecule has 2 aromatic carbocycles. The average Bonchev–Trinajstić information content (AvgIpc) is 2.71. The predicted molar refractivity (Wildman–Crippen MR) is 116 cm³/mol. The zero-order valence-corrected chi connectivity index (χ0v) is 17.2. The van der Waals surface area contributed by atoms with Crippen molar-refractivity contribution < 1.29 is 14.3 Å². The molecule has 1 aliphatic rings. The van der Waals surface area contributed by atoms with E-state index < -0.39 is 5.91 Å². The molecule has 2 heterocycles. The van der Waals surface area contributed by atoms with Gasteiger partial charge < -0.3 is 4.74 Å². The van der Waals surface area contributed by atoms with Crippen molar-refractivity contribution >= 4 is 46.2 Å². The van der Waals surface area contributed by atoms with Crippen molar-refractivity contribution in [1.82, 2.24) is 10.4 Å². The maximum Gasteiger partial charge on any atom is 0.265 e. The molecule has 0 saturated carbocycles. The van der Waals surface area contributed by atoms with Crippen LogP contribution in [0.4, 0.5) is 5.69 Å². The summed E-state index contributed by atoms with van der Waals surface area (Å²) >= 11 is 6.22. The Kier molecular flexibility index (Phi) is 5.37. The van der Waals surface area contributed by atoms with Crippen LogP contribution in [0.15, 0.2) is 47.6 Å². The summed E-state index contributed by atoms with van der Waals surface area (Å²) in [4.78, 5) is 30.4. The van der Waals surface area contributed by atoms with Crippen LogP contribution in [0.25, 0.3) is 10.9 Å². The van der Waals surface area contributed by atoms with Gasteiger partial charge in [0, 0.05) is 10.9 Å². The normalized spacial score (nSPS) is 13.4. The highest BCUT2D eigenvalue weighted by Gasteiger charge is 2.27. The zero-order chi connectivity index (χ0) is 21.3. The number of halogens is 1. The Morgan fingerprint density at radius 3 is 2.83 bits per heavy atom. The van der Waals surface area contributed by atoms with Gasteiger partial charge >= 0.3 is 0 Å². The van der Waals surface area contributed by atoms with E-state index in [4.69, 9.17) is 16.3 Å². The summed E-state index contributed by atoms with van der Waals surface area (Å²) in [7, 11) is 0. The number of pyridine rings is 1. The molecule has 2 amide bonds. The second-order valence-corrected chi connectivity index (χ2v) is 7.46.